The van der Waals surface area contributed by atoms with E-state index >= 15 is 0 Å². The van der Waals surface area contributed by atoms with Gasteiger partial charge in [-0.05, 0) is 77.0 Å². The van der Waals surface area contributed by atoms with Gasteiger partial charge in [-0.2, -0.15) is 0 Å². The van der Waals surface area contributed by atoms with E-state index in [4.69, 9.17) is 18.5 Å². The van der Waals surface area contributed by atoms with Crippen LogP contribution in [0.15, 0.2) is 48.6 Å². The van der Waals surface area contributed by atoms with Crippen molar-refractivity contribution in [3.8, 4) is 0 Å². The third kappa shape index (κ3) is 28.1. The van der Waals surface area contributed by atoms with Crippen molar-refractivity contribution in [1.29, 1.82) is 0 Å². The van der Waals surface area contributed by atoms with Gasteiger partial charge in [0.1, 0.15) is 43.2 Å². The molecular weight excluding hydrogens is 779 g/mol. The fraction of sp³-hybridized carbons (Fsp3) is 0.778. The standard InChI is InChI=1S/C45H79O13P/c1-3-5-7-9-11-13-15-17-19-21-23-25-27-29-31-33-38(46)55-35-37(36-56-59(53,54)58-45-43(51)41(49)40(48)42(50)44(45)52)57-39(47)34-32-30-28-26-24-22-20-18-16-14-12-10-8-6-4-2/h11,13-14,16-17,19,23,25,37,40-45,48-52H,3-10,12,15,18,20-22,24,26-36H2,1-2H3,(H,53,54)/b13-11-,16-14-,19-17-,25-23-/t37-,40?,41-,42?,43?,44?,45?/m1/s1. The SMILES string of the molecule is CCCCC/C=C\C/C=C\C/C=C\CCCCC(=O)OC[C@H](COP(=O)(O)OC1C(O)C(O)C(O)[C@@H](O)C1O)OC(=O)CCCCCCCCC/C=C\CCCCCC. The van der Waals surface area contributed by atoms with Crippen molar-refractivity contribution in [3.05, 3.63) is 48.6 Å². The highest BCUT2D eigenvalue weighted by Gasteiger charge is 2.51. The summed E-state index contributed by atoms with van der Waals surface area (Å²) in [6, 6.07) is 0. The molecule has 1 aliphatic rings. The number of hydrogen-bond donors (Lipinski definition) is 6. The molecule has 1 fully saturated rings. The van der Waals surface area contributed by atoms with Gasteiger partial charge in [-0.1, -0.05) is 127 Å². The van der Waals surface area contributed by atoms with Crippen LogP contribution in [0.2, 0.25) is 0 Å². The number of aliphatic hydroxyl groups excluding tert-OH is 5. The Morgan fingerprint density at radius 1 is 0.525 bits per heavy atom. The number of carbonyl (C=O) groups is 2. The van der Waals surface area contributed by atoms with E-state index in [2.05, 4.69) is 62.5 Å². The second-order valence-electron chi connectivity index (χ2n) is 15.5. The normalized spacial score (nSPS) is 22.8. The molecule has 1 rings (SSSR count). The Hall–Kier alpha value is -2.19. The Morgan fingerprint density at radius 2 is 0.915 bits per heavy atom. The predicted molar refractivity (Wildman–Crippen MR) is 230 cm³/mol. The Bertz CT molecular complexity index is 1220. The topological polar surface area (TPSA) is 210 Å². The van der Waals surface area contributed by atoms with Gasteiger partial charge in [-0.15, -0.1) is 0 Å². The lowest BCUT2D eigenvalue weighted by molar-refractivity contribution is -0.220. The molecule has 0 bridgehead atoms. The summed E-state index contributed by atoms with van der Waals surface area (Å²) in [4.78, 5) is 35.6. The molecule has 0 saturated heterocycles. The zero-order chi connectivity index (χ0) is 43.6. The molecule has 6 unspecified atom stereocenters. The average Bonchev–Trinajstić information content (AvgIpc) is 3.21. The van der Waals surface area contributed by atoms with Crippen LogP contribution in [-0.4, -0.2) is 98.3 Å². The third-order valence-electron chi connectivity index (χ3n) is 10.1. The molecule has 342 valence electrons. The van der Waals surface area contributed by atoms with Gasteiger partial charge in [-0.25, -0.2) is 4.57 Å². The molecule has 0 aromatic heterocycles. The number of hydrogen-bond acceptors (Lipinski definition) is 12. The van der Waals surface area contributed by atoms with Gasteiger partial charge in [0.25, 0.3) is 0 Å². The third-order valence-corrected chi connectivity index (χ3v) is 11.1. The number of rotatable bonds is 36. The molecule has 0 radical (unpaired) electrons. The van der Waals surface area contributed by atoms with Crippen LogP contribution in [-0.2, 0) is 32.7 Å². The predicted octanol–water partition coefficient (Wildman–Crippen LogP) is 8.39. The van der Waals surface area contributed by atoms with Gasteiger partial charge >= 0.3 is 19.8 Å². The van der Waals surface area contributed by atoms with Gasteiger partial charge in [0.15, 0.2) is 6.10 Å². The summed E-state index contributed by atoms with van der Waals surface area (Å²) in [5.41, 5.74) is 0. The summed E-state index contributed by atoms with van der Waals surface area (Å²) >= 11 is 0. The fourth-order valence-electron chi connectivity index (χ4n) is 6.46. The van der Waals surface area contributed by atoms with E-state index in [1.165, 1.54) is 51.4 Å². The average molecular weight is 859 g/mol. The van der Waals surface area contributed by atoms with Crippen LogP contribution in [0.25, 0.3) is 0 Å². The molecule has 6 N–H and O–H groups in total. The van der Waals surface area contributed by atoms with Crippen molar-refractivity contribution < 1.29 is 63.1 Å². The molecule has 59 heavy (non-hydrogen) atoms. The number of unbranched alkanes of at least 4 members (excludes halogenated alkanes) is 16. The van der Waals surface area contributed by atoms with Gasteiger partial charge in [0.2, 0.25) is 0 Å². The number of esters is 2. The number of ether oxygens (including phenoxy) is 2. The molecule has 0 amide bonds. The lowest BCUT2D eigenvalue weighted by Crippen LogP contribution is -2.64. The first-order valence-corrected chi connectivity index (χ1v) is 23.9. The molecule has 0 heterocycles. The van der Waals surface area contributed by atoms with Crippen molar-refractivity contribution in [3.63, 3.8) is 0 Å². The highest BCUT2D eigenvalue weighted by molar-refractivity contribution is 7.47. The zero-order valence-corrected chi connectivity index (χ0v) is 36.9. The molecule has 1 aliphatic carbocycles. The van der Waals surface area contributed by atoms with Gasteiger partial charge in [0, 0.05) is 12.8 Å². The van der Waals surface area contributed by atoms with Gasteiger partial charge in [-0.3, -0.25) is 18.6 Å². The molecular formula is C45H79O13P. The van der Waals surface area contributed by atoms with Gasteiger partial charge in [0.05, 0.1) is 6.61 Å². The van der Waals surface area contributed by atoms with E-state index in [1.54, 1.807) is 0 Å². The first-order chi connectivity index (χ1) is 28.4. The monoisotopic (exact) mass is 859 g/mol. The zero-order valence-electron chi connectivity index (χ0n) is 36.0. The van der Waals surface area contributed by atoms with Crippen molar-refractivity contribution in [2.75, 3.05) is 13.2 Å². The minimum atomic E-state index is -5.13. The molecule has 8 atom stereocenters. The van der Waals surface area contributed by atoms with Crippen LogP contribution in [0.4, 0.5) is 0 Å². The maximum absolute atomic E-state index is 12.8. The van der Waals surface area contributed by atoms with Crippen LogP contribution in [0.3, 0.4) is 0 Å². The molecule has 0 aromatic rings. The quantitative estimate of drug-likeness (QED) is 0.0152. The minimum absolute atomic E-state index is 0.0822. The molecule has 0 aliphatic heterocycles. The van der Waals surface area contributed by atoms with E-state index < -0.39 is 75.7 Å². The smallest absolute Gasteiger partial charge is 0.462 e. The van der Waals surface area contributed by atoms with E-state index in [-0.39, 0.29) is 12.8 Å². The maximum atomic E-state index is 12.8. The van der Waals surface area contributed by atoms with Crippen molar-refractivity contribution in [1.82, 2.24) is 0 Å². The number of carbonyl (C=O) groups excluding carboxylic acids is 2. The second-order valence-corrected chi connectivity index (χ2v) is 16.9. The van der Waals surface area contributed by atoms with Crippen molar-refractivity contribution in [2.45, 2.75) is 211 Å². The number of allylic oxidation sites excluding steroid dienone is 8. The van der Waals surface area contributed by atoms with Crippen LogP contribution < -0.4 is 0 Å². The van der Waals surface area contributed by atoms with Crippen LogP contribution in [0.1, 0.15) is 168 Å². The number of phosphoric ester groups is 1. The number of phosphoric acid groups is 1. The fourth-order valence-corrected chi connectivity index (χ4v) is 7.44. The minimum Gasteiger partial charge on any atom is -0.462 e. The van der Waals surface area contributed by atoms with Crippen LogP contribution in [0.5, 0.6) is 0 Å². The Labute approximate surface area is 354 Å². The second kappa shape index (κ2) is 35.4. The Kier molecular flexibility index (Phi) is 32.9. The summed E-state index contributed by atoms with van der Waals surface area (Å²) in [6.07, 6.45) is 27.4. The largest absolute Gasteiger partial charge is 0.472 e. The summed E-state index contributed by atoms with van der Waals surface area (Å²) in [5.74, 6) is -1.15. The maximum Gasteiger partial charge on any atom is 0.472 e. The molecule has 1 saturated carbocycles. The van der Waals surface area contributed by atoms with E-state index in [0.29, 0.717) is 12.8 Å². The Balaban J connectivity index is 2.51. The Morgan fingerprint density at radius 3 is 1.47 bits per heavy atom. The van der Waals surface area contributed by atoms with Gasteiger partial charge < -0.3 is 39.9 Å². The summed E-state index contributed by atoms with van der Waals surface area (Å²) < 4.78 is 33.4. The summed E-state index contributed by atoms with van der Waals surface area (Å²) in [5, 5.41) is 50.1. The summed E-state index contributed by atoms with van der Waals surface area (Å²) in [7, 11) is -5.13. The van der Waals surface area contributed by atoms with E-state index in [0.717, 1.165) is 77.0 Å². The van der Waals surface area contributed by atoms with Crippen molar-refractivity contribution >= 4 is 19.8 Å². The molecule has 13 nitrogen and oxygen atoms in total. The first kappa shape index (κ1) is 54.8. The van der Waals surface area contributed by atoms with E-state index in [9.17, 15) is 44.6 Å². The highest BCUT2D eigenvalue weighted by Crippen LogP contribution is 2.47. The highest BCUT2D eigenvalue weighted by atomic mass is 31.2. The summed E-state index contributed by atoms with van der Waals surface area (Å²) in [6.45, 7) is 3.21. The molecule has 14 heteroatoms. The lowest BCUT2D eigenvalue weighted by atomic mass is 9.85. The van der Waals surface area contributed by atoms with Crippen molar-refractivity contribution in [2.24, 2.45) is 0 Å². The van der Waals surface area contributed by atoms with Crippen LogP contribution >= 0.6 is 7.82 Å². The first-order valence-electron chi connectivity index (χ1n) is 22.4. The molecule has 0 aromatic carbocycles. The lowest BCUT2D eigenvalue weighted by Gasteiger charge is -2.41. The van der Waals surface area contributed by atoms with E-state index in [1.807, 2.05) is 0 Å². The van der Waals surface area contributed by atoms with Crippen LogP contribution in [0, 0.1) is 0 Å². The number of aliphatic hydroxyl groups is 5. The molecule has 0 spiro atoms.